The normalized spacial score (nSPS) is 11.0. The number of nitrogens with one attached hydrogen (secondary N) is 2. The van der Waals surface area contributed by atoms with Gasteiger partial charge in [-0.2, -0.15) is 0 Å². The first-order valence-corrected chi connectivity index (χ1v) is 8.28. The maximum atomic E-state index is 11.9. The molecule has 0 aliphatic carbocycles. The lowest BCUT2D eigenvalue weighted by Crippen LogP contribution is -2.20. The van der Waals surface area contributed by atoms with Crippen LogP contribution in [0.4, 0.5) is 5.69 Å². The van der Waals surface area contributed by atoms with Crippen LogP contribution in [0, 0.1) is 6.92 Å². The fourth-order valence-electron chi connectivity index (χ4n) is 1.75. The number of rotatable bonds is 7. The molecule has 0 radical (unpaired) electrons. The second-order valence-corrected chi connectivity index (χ2v) is 6.40. The van der Waals surface area contributed by atoms with Crippen molar-refractivity contribution in [3.63, 3.8) is 0 Å². The first-order chi connectivity index (χ1) is 10.3. The van der Waals surface area contributed by atoms with Crippen LogP contribution in [-0.2, 0) is 24.3 Å². The molecule has 1 rings (SSSR count). The molecular formula is C14H20N2O5S. The van der Waals surface area contributed by atoms with Crippen LogP contribution >= 0.6 is 0 Å². The molecule has 22 heavy (non-hydrogen) atoms. The number of hydrogen-bond acceptors (Lipinski definition) is 5. The maximum Gasteiger partial charge on any atom is 0.306 e. The van der Waals surface area contributed by atoms with Gasteiger partial charge in [-0.15, -0.1) is 0 Å². The Labute approximate surface area is 130 Å². The van der Waals surface area contributed by atoms with E-state index in [1.54, 1.807) is 26.0 Å². The Morgan fingerprint density at radius 3 is 2.50 bits per heavy atom. The second-order valence-electron chi connectivity index (χ2n) is 4.54. The van der Waals surface area contributed by atoms with Gasteiger partial charge in [0.25, 0.3) is 0 Å². The van der Waals surface area contributed by atoms with E-state index in [0.29, 0.717) is 11.3 Å². The van der Waals surface area contributed by atoms with E-state index < -0.39 is 16.0 Å². The first kappa shape index (κ1) is 18.1. The zero-order valence-corrected chi connectivity index (χ0v) is 13.6. The van der Waals surface area contributed by atoms with Gasteiger partial charge in [0.15, 0.2) is 0 Å². The number of benzene rings is 1. The van der Waals surface area contributed by atoms with Gasteiger partial charge in [0.1, 0.15) is 0 Å². The first-order valence-electron chi connectivity index (χ1n) is 6.79. The average molecular weight is 328 g/mol. The van der Waals surface area contributed by atoms with E-state index in [-0.39, 0.29) is 30.3 Å². The Morgan fingerprint density at radius 1 is 1.23 bits per heavy atom. The van der Waals surface area contributed by atoms with Gasteiger partial charge in [0.2, 0.25) is 15.9 Å². The lowest BCUT2D eigenvalue weighted by molar-refractivity contribution is -0.144. The number of esters is 1. The molecular weight excluding hydrogens is 308 g/mol. The number of sulfonamides is 1. The topological polar surface area (TPSA) is 102 Å². The summed E-state index contributed by atoms with van der Waals surface area (Å²) < 4.78 is 30.7. The lowest BCUT2D eigenvalue weighted by Gasteiger charge is -2.10. The number of carbonyl (C=O) groups excluding carboxylic acids is 2. The smallest absolute Gasteiger partial charge is 0.306 e. The number of hydrogen-bond donors (Lipinski definition) is 2. The van der Waals surface area contributed by atoms with E-state index in [1.165, 1.54) is 13.1 Å². The quantitative estimate of drug-likeness (QED) is 0.732. The van der Waals surface area contributed by atoms with Crippen LogP contribution in [0.2, 0.25) is 0 Å². The van der Waals surface area contributed by atoms with Crippen molar-refractivity contribution in [1.82, 2.24) is 4.72 Å². The van der Waals surface area contributed by atoms with Crippen LogP contribution in [0.15, 0.2) is 23.1 Å². The summed E-state index contributed by atoms with van der Waals surface area (Å²) in [6.07, 6.45) is -0.0476. The third-order valence-corrected chi connectivity index (χ3v) is 4.45. The number of amides is 1. The largest absolute Gasteiger partial charge is 0.466 e. The molecule has 8 heteroatoms. The maximum absolute atomic E-state index is 11.9. The minimum absolute atomic E-state index is 0.0206. The molecule has 0 saturated carbocycles. The molecule has 1 amide bonds. The van der Waals surface area contributed by atoms with E-state index in [4.69, 9.17) is 4.74 Å². The van der Waals surface area contributed by atoms with E-state index in [1.807, 2.05) is 0 Å². The van der Waals surface area contributed by atoms with Crippen LogP contribution in [0.5, 0.6) is 0 Å². The molecule has 1 aromatic rings. The third-order valence-electron chi connectivity index (χ3n) is 2.89. The third kappa shape index (κ3) is 5.12. The molecule has 0 saturated heterocycles. The highest BCUT2D eigenvalue weighted by Gasteiger charge is 2.16. The highest BCUT2D eigenvalue weighted by Crippen LogP contribution is 2.20. The van der Waals surface area contributed by atoms with Crippen molar-refractivity contribution in [2.75, 3.05) is 19.0 Å². The molecule has 1 aromatic carbocycles. The van der Waals surface area contributed by atoms with Crippen molar-refractivity contribution in [1.29, 1.82) is 0 Å². The fourth-order valence-corrected chi connectivity index (χ4v) is 2.74. The summed E-state index contributed by atoms with van der Waals surface area (Å²) in [5.74, 6) is -0.829. The summed E-state index contributed by atoms with van der Waals surface area (Å²) in [7, 11) is -2.28. The molecule has 0 aliphatic heterocycles. The van der Waals surface area contributed by atoms with E-state index in [2.05, 4.69) is 10.0 Å². The monoisotopic (exact) mass is 328 g/mol. The van der Waals surface area contributed by atoms with Gasteiger partial charge in [-0.25, -0.2) is 13.1 Å². The Kier molecular flexibility index (Phi) is 6.51. The van der Waals surface area contributed by atoms with E-state index in [9.17, 15) is 18.0 Å². The van der Waals surface area contributed by atoms with Crippen molar-refractivity contribution < 1.29 is 22.7 Å². The van der Waals surface area contributed by atoms with E-state index >= 15 is 0 Å². The number of ether oxygens (including phenoxy) is 1. The molecule has 0 aliphatic rings. The molecule has 0 bridgehead atoms. The molecule has 0 atom stereocenters. The highest BCUT2D eigenvalue weighted by molar-refractivity contribution is 7.89. The molecule has 122 valence electrons. The molecule has 2 N–H and O–H groups in total. The van der Waals surface area contributed by atoms with E-state index in [0.717, 1.165) is 0 Å². The summed E-state index contributed by atoms with van der Waals surface area (Å²) >= 11 is 0. The van der Waals surface area contributed by atoms with Gasteiger partial charge in [-0.05, 0) is 38.6 Å². The summed E-state index contributed by atoms with van der Waals surface area (Å²) in [4.78, 5) is 23.0. The van der Waals surface area contributed by atoms with Crippen molar-refractivity contribution in [2.45, 2.75) is 31.6 Å². The van der Waals surface area contributed by atoms with Crippen molar-refractivity contribution in [2.24, 2.45) is 0 Å². The minimum Gasteiger partial charge on any atom is -0.466 e. The van der Waals surface area contributed by atoms with Crippen LogP contribution in [-0.4, -0.2) is 33.9 Å². The predicted octanol–water partition coefficient (Wildman–Crippen LogP) is 1.18. The zero-order valence-electron chi connectivity index (χ0n) is 12.8. The van der Waals surface area contributed by atoms with Gasteiger partial charge in [0, 0.05) is 12.1 Å². The molecule has 0 fully saturated rings. The number of carbonyl (C=O) groups is 2. The van der Waals surface area contributed by atoms with Gasteiger partial charge in [-0.1, -0.05) is 6.07 Å². The SMILES string of the molecule is CCOC(=O)CCC(=O)Nc1ccc(C)c(S(=O)(=O)NC)c1. The Bertz CT molecular complexity index is 655. The molecule has 0 unspecified atom stereocenters. The molecule has 7 nitrogen and oxygen atoms in total. The number of aryl methyl sites for hydroxylation is 1. The van der Waals surface area contributed by atoms with Crippen molar-refractivity contribution >= 4 is 27.6 Å². The molecule has 0 spiro atoms. The Hall–Kier alpha value is -1.93. The Morgan fingerprint density at radius 2 is 1.91 bits per heavy atom. The minimum atomic E-state index is -3.60. The average Bonchev–Trinajstić information content (AvgIpc) is 2.47. The summed E-state index contributed by atoms with van der Waals surface area (Å²) in [5.41, 5.74) is 0.923. The van der Waals surface area contributed by atoms with Crippen molar-refractivity contribution in [3.05, 3.63) is 23.8 Å². The lowest BCUT2D eigenvalue weighted by atomic mass is 10.2. The highest BCUT2D eigenvalue weighted by atomic mass is 32.2. The van der Waals surface area contributed by atoms with Gasteiger partial charge in [-0.3, -0.25) is 9.59 Å². The Balaban J connectivity index is 2.77. The summed E-state index contributed by atoms with van der Waals surface area (Å²) in [6, 6.07) is 4.58. The molecule has 0 aromatic heterocycles. The van der Waals surface area contributed by atoms with Crippen LogP contribution < -0.4 is 10.0 Å². The summed E-state index contributed by atoms with van der Waals surface area (Å²) in [6.45, 7) is 3.62. The standard InChI is InChI=1S/C14H20N2O5S/c1-4-21-14(18)8-7-13(17)16-11-6-5-10(2)12(9-11)22(19,20)15-3/h5-6,9,15H,4,7-8H2,1-3H3,(H,16,17). The van der Waals surface area contributed by atoms with Crippen LogP contribution in [0.1, 0.15) is 25.3 Å². The van der Waals surface area contributed by atoms with Gasteiger partial charge < -0.3 is 10.1 Å². The fraction of sp³-hybridized carbons (Fsp3) is 0.429. The van der Waals surface area contributed by atoms with Crippen LogP contribution in [0.25, 0.3) is 0 Å². The second kappa shape index (κ2) is 7.90. The van der Waals surface area contributed by atoms with Crippen molar-refractivity contribution in [3.8, 4) is 0 Å². The van der Waals surface area contributed by atoms with Gasteiger partial charge in [0.05, 0.1) is 17.9 Å². The predicted molar refractivity (Wildman–Crippen MR) is 81.9 cm³/mol. The summed E-state index contributed by atoms with van der Waals surface area (Å²) in [5, 5.41) is 2.56. The molecule has 0 heterocycles. The van der Waals surface area contributed by atoms with Crippen LogP contribution in [0.3, 0.4) is 0 Å². The number of anilines is 1. The van der Waals surface area contributed by atoms with Gasteiger partial charge >= 0.3 is 5.97 Å². The zero-order chi connectivity index (χ0) is 16.8.